The second-order valence-corrected chi connectivity index (χ2v) is 3.18. The minimum atomic E-state index is -0.366. The Bertz CT molecular complexity index is 205. The van der Waals surface area contributed by atoms with Crippen LogP contribution in [0, 0.1) is 0 Å². The first-order valence-corrected chi connectivity index (χ1v) is 4.68. The van der Waals surface area contributed by atoms with Crippen molar-refractivity contribution in [1.29, 1.82) is 0 Å². The minimum Gasteiger partial charge on any atom is -0.246 e. The van der Waals surface area contributed by atoms with Crippen LogP contribution in [0.2, 0.25) is 0 Å². The third-order valence-corrected chi connectivity index (χ3v) is 1.96. The summed E-state index contributed by atoms with van der Waals surface area (Å²) in [6.45, 7) is -0.366. The van der Waals surface area contributed by atoms with E-state index in [1.54, 1.807) is 0 Å². The maximum Gasteiger partial charge on any atom is 0.115 e. The summed E-state index contributed by atoms with van der Waals surface area (Å²) in [5, 5.41) is 0.960. The van der Waals surface area contributed by atoms with Crippen LogP contribution in [-0.2, 0) is 13.1 Å². The zero-order valence-corrected chi connectivity index (χ0v) is 7.77. The van der Waals surface area contributed by atoms with E-state index in [-0.39, 0.29) is 6.67 Å². The molecule has 0 N–H and O–H groups in total. The normalized spacial score (nSPS) is 10.0. The lowest BCUT2D eigenvalue weighted by Gasteiger charge is -1.97. The van der Waals surface area contributed by atoms with E-state index in [0.717, 1.165) is 17.3 Å². The molecule has 1 rings (SSSR count). The van der Waals surface area contributed by atoms with Gasteiger partial charge in [-0.3, -0.25) is 0 Å². The van der Waals surface area contributed by atoms with Gasteiger partial charge in [0.05, 0.1) is 0 Å². The van der Waals surface area contributed by atoms with E-state index in [9.17, 15) is 4.39 Å². The van der Waals surface area contributed by atoms with E-state index in [1.807, 2.05) is 24.3 Å². The lowest BCUT2D eigenvalue weighted by molar-refractivity contribution is 0.485. The average molecular weight is 217 g/mol. The number of halogens is 2. The zero-order valence-electron chi connectivity index (χ0n) is 6.19. The van der Waals surface area contributed by atoms with E-state index in [0.29, 0.717) is 0 Å². The molecule has 0 aliphatic carbocycles. The molecular weight excluding hydrogens is 207 g/mol. The van der Waals surface area contributed by atoms with Crippen molar-refractivity contribution in [2.75, 3.05) is 5.33 Å². The van der Waals surface area contributed by atoms with E-state index in [1.165, 1.54) is 5.56 Å². The minimum absolute atomic E-state index is 0.366. The number of aryl methyl sites for hydroxylation is 1. The number of rotatable bonds is 3. The molecule has 0 atom stereocenters. The van der Waals surface area contributed by atoms with Crippen molar-refractivity contribution in [3.63, 3.8) is 0 Å². The molecule has 0 heterocycles. The lowest BCUT2D eigenvalue weighted by Crippen LogP contribution is -1.85. The number of hydrogen-bond acceptors (Lipinski definition) is 0. The molecule has 1 aromatic rings. The van der Waals surface area contributed by atoms with Crippen LogP contribution in [0.1, 0.15) is 11.1 Å². The fraction of sp³-hybridized carbons (Fsp3) is 0.333. The smallest absolute Gasteiger partial charge is 0.115 e. The van der Waals surface area contributed by atoms with Crippen LogP contribution >= 0.6 is 15.9 Å². The molecule has 0 fully saturated rings. The van der Waals surface area contributed by atoms with Gasteiger partial charge in [-0.15, -0.1) is 0 Å². The average Bonchev–Trinajstić information content (AvgIpc) is 2.07. The Morgan fingerprint density at radius 1 is 1.09 bits per heavy atom. The maximum atomic E-state index is 12.0. The Morgan fingerprint density at radius 3 is 2.09 bits per heavy atom. The summed E-state index contributed by atoms with van der Waals surface area (Å²) in [7, 11) is 0. The highest BCUT2D eigenvalue weighted by Crippen LogP contribution is 2.06. The Hall–Kier alpha value is -0.370. The predicted octanol–water partition coefficient (Wildman–Crippen LogP) is 3.09. The Balaban J connectivity index is 2.66. The van der Waals surface area contributed by atoms with Crippen molar-refractivity contribution in [3.05, 3.63) is 35.4 Å². The summed E-state index contributed by atoms with van der Waals surface area (Å²) >= 11 is 3.35. The second kappa shape index (κ2) is 4.50. The van der Waals surface area contributed by atoms with Gasteiger partial charge in [-0.05, 0) is 17.5 Å². The molecule has 1 aromatic carbocycles. The molecule has 0 nitrogen and oxygen atoms in total. The second-order valence-electron chi connectivity index (χ2n) is 2.39. The molecule has 0 bridgehead atoms. The molecule has 60 valence electrons. The SMILES string of the molecule is FCc1ccc(CCBr)cc1. The maximum absolute atomic E-state index is 12.0. The summed E-state index contributed by atoms with van der Waals surface area (Å²) in [5.74, 6) is 0. The van der Waals surface area contributed by atoms with Crippen LogP contribution in [0.4, 0.5) is 4.39 Å². The van der Waals surface area contributed by atoms with Crippen LogP contribution < -0.4 is 0 Å². The van der Waals surface area contributed by atoms with Crippen LogP contribution in [-0.4, -0.2) is 5.33 Å². The monoisotopic (exact) mass is 216 g/mol. The highest BCUT2D eigenvalue weighted by Gasteiger charge is 1.92. The summed E-state index contributed by atoms with van der Waals surface area (Å²) in [4.78, 5) is 0. The molecule has 0 aliphatic heterocycles. The fourth-order valence-electron chi connectivity index (χ4n) is 0.904. The third kappa shape index (κ3) is 2.62. The summed E-state index contributed by atoms with van der Waals surface area (Å²) in [5.41, 5.74) is 2.00. The van der Waals surface area contributed by atoms with Gasteiger partial charge in [-0.2, -0.15) is 0 Å². The zero-order chi connectivity index (χ0) is 8.10. The van der Waals surface area contributed by atoms with Crippen molar-refractivity contribution < 1.29 is 4.39 Å². The number of hydrogen-bond donors (Lipinski definition) is 0. The molecule has 0 spiro atoms. The van der Waals surface area contributed by atoms with E-state index >= 15 is 0 Å². The fourth-order valence-corrected chi connectivity index (χ4v) is 1.36. The van der Waals surface area contributed by atoms with Gasteiger partial charge in [0.15, 0.2) is 0 Å². The first kappa shape index (κ1) is 8.72. The van der Waals surface area contributed by atoms with Crippen molar-refractivity contribution in [2.24, 2.45) is 0 Å². The van der Waals surface area contributed by atoms with Gasteiger partial charge in [-0.25, -0.2) is 4.39 Å². The Kier molecular flexibility index (Phi) is 3.57. The van der Waals surface area contributed by atoms with Crippen molar-refractivity contribution >= 4 is 15.9 Å². The van der Waals surface area contributed by atoms with Gasteiger partial charge in [0, 0.05) is 5.33 Å². The standard InChI is InChI=1S/C9H10BrF/c10-6-5-8-1-3-9(7-11)4-2-8/h1-4H,5-7H2. The van der Waals surface area contributed by atoms with Crippen molar-refractivity contribution in [3.8, 4) is 0 Å². The quantitative estimate of drug-likeness (QED) is 0.682. The molecule has 0 amide bonds. The molecular formula is C9H10BrF. The van der Waals surface area contributed by atoms with Gasteiger partial charge in [-0.1, -0.05) is 40.2 Å². The summed E-state index contributed by atoms with van der Waals surface area (Å²) in [6.07, 6.45) is 1.01. The van der Waals surface area contributed by atoms with Crippen molar-refractivity contribution in [1.82, 2.24) is 0 Å². The Labute approximate surface area is 74.6 Å². The van der Waals surface area contributed by atoms with Crippen LogP contribution in [0.15, 0.2) is 24.3 Å². The third-order valence-electron chi connectivity index (χ3n) is 1.56. The first-order valence-electron chi connectivity index (χ1n) is 3.56. The van der Waals surface area contributed by atoms with Gasteiger partial charge < -0.3 is 0 Å². The van der Waals surface area contributed by atoms with Crippen LogP contribution in [0.3, 0.4) is 0 Å². The van der Waals surface area contributed by atoms with E-state index in [2.05, 4.69) is 15.9 Å². The molecule has 0 aromatic heterocycles. The molecule has 0 radical (unpaired) electrons. The van der Waals surface area contributed by atoms with Crippen molar-refractivity contribution in [2.45, 2.75) is 13.1 Å². The molecule has 0 unspecified atom stereocenters. The first-order chi connectivity index (χ1) is 5.36. The van der Waals surface area contributed by atoms with Gasteiger partial charge in [0.2, 0.25) is 0 Å². The van der Waals surface area contributed by atoms with Crippen LogP contribution in [0.5, 0.6) is 0 Å². The van der Waals surface area contributed by atoms with E-state index < -0.39 is 0 Å². The van der Waals surface area contributed by atoms with E-state index in [4.69, 9.17) is 0 Å². The van der Waals surface area contributed by atoms with Crippen LogP contribution in [0.25, 0.3) is 0 Å². The van der Waals surface area contributed by atoms with Gasteiger partial charge >= 0.3 is 0 Å². The molecule has 0 saturated carbocycles. The van der Waals surface area contributed by atoms with Gasteiger partial charge in [0.1, 0.15) is 6.67 Å². The summed E-state index contributed by atoms with van der Waals surface area (Å²) < 4.78 is 12.0. The predicted molar refractivity (Wildman–Crippen MR) is 48.8 cm³/mol. The largest absolute Gasteiger partial charge is 0.246 e. The molecule has 0 aliphatic rings. The summed E-state index contributed by atoms with van der Waals surface area (Å²) in [6, 6.07) is 7.60. The Morgan fingerprint density at radius 2 is 1.64 bits per heavy atom. The molecule has 0 saturated heterocycles. The number of alkyl halides is 2. The lowest BCUT2D eigenvalue weighted by atomic mass is 10.1. The van der Waals surface area contributed by atoms with Gasteiger partial charge in [0.25, 0.3) is 0 Å². The molecule has 2 heteroatoms. The highest BCUT2D eigenvalue weighted by atomic mass is 79.9. The number of benzene rings is 1. The highest BCUT2D eigenvalue weighted by molar-refractivity contribution is 9.09. The topological polar surface area (TPSA) is 0 Å². The molecule has 11 heavy (non-hydrogen) atoms.